The highest BCUT2D eigenvalue weighted by Gasteiger charge is 2.26. The normalized spacial score (nSPS) is 21.9. The molecule has 1 aliphatic heterocycles. The van der Waals surface area contributed by atoms with Crippen LogP contribution in [0.5, 0.6) is 0 Å². The lowest BCUT2D eigenvalue weighted by Gasteiger charge is -2.36. The van der Waals surface area contributed by atoms with Gasteiger partial charge >= 0.3 is 0 Å². The van der Waals surface area contributed by atoms with Crippen molar-refractivity contribution >= 4 is 60.4 Å². The second-order valence-corrected chi connectivity index (χ2v) is 7.65. The van der Waals surface area contributed by atoms with Crippen LogP contribution in [0.15, 0.2) is 24.3 Å². The molecule has 1 saturated heterocycles. The highest BCUT2D eigenvalue weighted by Crippen LogP contribution is 2.26. The second kappa shape index (κ2) is 13.7. The Morgan fingerprint density at radius 2 is 1.86 bits per heavy atom. The van der Waals surface area contributed by atoms with Crippen LogP contribution in [0.1, 0.15) is 25.7 Å². The van der Waals surface area contributed by atoms with Crippen LogP contribution >= 0.6 is 48.8 Å². The van der Waals surface area contributed by atoms with E-state index in [4.69, 9.17) is 17.3 Å². The van der Waals surface area contributed by atoms with E-state index in [0.29, 0.717) is 12.3 Å². The molecular weight excluding hydrogens is 442 g/mol. The molecule has 1 amide bonds. The van der Waals surface area contributed by atoms with Gasteiger partial charge in [0.15, 0.2) is 0 Å². The standard InChI is InChI=1S/C19H29ClN4O.3ClH/c20-16-4-2-5-17(14-16)24-11-9-23(10-12-24)8-7-22-19(25)13-15-3-1-6-18(15)21;;;/h2,4-5,14-15,18H,1,3,6-13,21H2,(H,22,25);3*1H/t15-,18+;;;/m0.../s1. The van der Waals surface area contributed by atoms with Crippen molar-refractivity contribution in [3.63, 3.8) is 0 Å². The first-order chi connectivity index (χ1) is 12.1. The number of amides is 1. The van der Waals surface area contributed by atoms with Crippen molar-refractivity contribution in [2.75, 3.05) is 44.2 Å². The Bertz CT molecular complexity index is 585. The van der Waals surface area contributed by atoms with Crippen molar-refractivity contribution in [1.29, 1.82) is 0 Å². The Morgan fingerprint density at radius 3 is 2.46 bits per heavy atom. The highest BCUT2D eigenvalue weighted by atomic mass is 35.5. The number of rotatable bonds is 6. The molecule has 2 atom stereocenters. The second-order valence-electron chi connectivity index (χ2n) is 7.22. The molecular formula is C19H32Cl4N4O. The maximum Gasteiger partial charge on any atom is 0.220 e. The molecule has 2 aliphatic rings. The molecule has 5 nitrogen and oxygen atoms in total. The Balaban J connectivity index is 0.00000243. The van der Waals surface area contributed by atoms with Gasteiger partial charge in [-0.3, -0.25) is 9.69 Å². The number of hydrogen-bond acceptors (Lipinski definition) is 4. The van der Waals surface area contributed by atoms with Gasteiger partial charge in [0, 0.05) is 62.4 Å². The fraction of sp³-hybridized carbons (Fsp3) is 0.632. The van der Waals surface area contributed by atoms with Crippen molar-refractivity contribution in [2.45, 2.75) is 31.7 Å². The molecule has 1 aromatic rings. The Hall–Kier alpha value is -0.430. The Kier molecular flexibility index (Phi) is 13.5. The molecule has 1 aromatic carbocycles. The summed E-state index contributed by atoms with van der Waals surface area (Å²) in [4.78, 5) is 16.8. The molecule has 0 aromatic heterocycles. The van der Waals surface area contributed by atoms with Gasteiger partial charge in [-0.2, -0.15) is 0 Å². The van der Waals surface area contributed by atoms with E-state index in [2.05, 4.69) is 21.2 Å². The average Bonchev–Trinajstić information content (AvgIpc) is 3.00. The summed E-state index contributed by atoms with van der Waals surface area (Å²) in [7, 11) is 0. The lowest BCUT2D eigenvalue weighted by atomic mass is 10.00. The number of piperazine rings is 1. The van der Waals surface area contributed by atoms with Crippen LogP contribution in [-0.2, 0) is 4.79 Å². The molecule has 3 N–H and O–H groups in total. The molecule has 0 unspecified atom stereocenters. The van der Waals surface area contributed by atoms with Gasteiger partial charge in [-0.1, -0.05) is 24.1 Å². The van der Waals surface area contributed by atoms with Gasteiger partial charge < -0.3 is 16.0 Å². The minimum Gasteiger partial charge on any atom is -0.369 e. The smallest absolute Gasteiger partial charge is 0.220 e. The summed E-state index contributed by atoms with van der Waals surface area (Å²) in [6.07, 6.45) is 3.91. The molecule has 28 heavy (non-hydrogen) atoms. The summed E-state index contributed by atoms with van der Waals surface area (Å²) >= 11 is 6.08. The van der Waals surface area contributed by atoms with E-state index in [0.717, 1.165) is 63.6 Å². The molecule has 1 heterocycles. The van der Waals surface area contributed by atoms with Crippen molar-refractivity contribution < 1.29 is 4.79 Å². The van der Waals surface area contributed by atoms with Crippen LogP contribution in [0.25, 0.3) is 0 Å². The largest absolute Gasteiger partial charge is 0.369 e. The van der Waals surface area contributed by atoms with Crippen LogP contribution in [0.2, 0.25) is 5.02 Å². The van der Waals surface area contributed by atoms with E-state index >= 15 is 0 Å². The molecule has 2 fully saturated rings. The number of carbonyl (C=O) groups is 1. The Labute approximate surface area is 191 Å². The third-order valence-electron chi connectivity index (χ3n) is 5.46. The molecule has 1 saturated carbocycles. The zero-order chi connectivity index (χ0) is 17.6. The Morgan fingerprint density at radius 1 is 1.14 bits per heavy atom. The van der Waals surface area contributed by atoms with Crippen molar-refractivity contribution in [2.24, 2.45) is 11.7 Å². The summed E-state index contributed by atoms with van der Waals surface area (Å²) in [5.41, 5.74) is 7.23. The zero-order valence-electron chi connectivity index (χ0n) is 16.0. The van der Waals surface area contributed by atoms with E-state index in [1.54, 1.807) is 0 Å². The van der Waals surface area contributed by atoms with Crippen LogP contribution in [0.4, 0.5) is 5.69 Å². The van der Waals surface area contributed by atoms with Gasteiger partial charge in [-0.15, -0.1) is 37.2 Å². The fourth-order valence-electron chi connectivity index (χ4n) is 3.89. The third-order valence-corrected chi connectivity index (χ3v) is 5.70. The molecule has 1 aliphatic carbocycles. The molecule has 9 heteroatoms. The van der Waals surface area contributed by atoms with E-state index in [1.807, 2.05) is 18.2 Å². The SMILES string of the molecule is Cl.Cl.Cl.N[C@@H]1CCC[C@H]1CC(=O)NCCN1CCN(c2cccc(Cl)c2)CC1. The first-order valence-electron chi connectivity index (χ1n) is 9.37. The van der Waals surface area contributed by atoms with Crippen molar-refractivity contribution in [3.8, 4) is 0 Å². The van der Waals surface area contributed by atoms with Crippen molar-refractivity contribution in [1.82, 2.24) is 10.2 Å². The number of carbonyl (C=O) groups excluding carboxylic acids is 1. The minimum absolute atomic E-state index is 0. The monoisotopic (exact) mass is 472 g/mol. The number of benzene rings is 1. The molecule has 162 valence electrons. The molecule has 0 spiro atoms. The van der Waals surface area contributed by atoms with Gasteiger partial charge in [0.1, 0.15) is 0 Å². The van der Waals surface area contributed by atoms with E-state index < -0.39 is 0 Å². The summed E-state index contributed by atoms with van der Waals surface area (Å²) in [5, 5.41) is 3.84. The number of nitrogens with one attached hydrogen (secondary N) is 1. The lowest BCUT2D eigenvalue weighted by molar-refractivity contribution is -0.122. The highest BCUT2D eigenvalue weighted by molar-refractivity contribution is 6.30. The molecule has 0 radical (unpaired) electrons. The van der Waals surface area contributed by atoms with Crippen LogP contribution < -0.4 is 16.0 Å². The number of nitrogens with zero attached hydrogens (tertiary/aromatic N) is 2. The number of anilines is 1. The molecule has 0 bridgehead atoms. The van der Waals surface area contributed by atoms with Gasteiger partial charge in [0.2, 0.25) is 5.91 Å². The summed E-state index contributed by atoms with van der Waals surface area (Å²) < 4.78 is 0. The van der Waals surface area contributed by atoms with Crippen molar-refractivity contribution in [3.05, 3.63) is 29.3 Å². The predicted octanol–water partition coefficient (Wildman–Crippen LogP) is 3.36. The fourth-order valence-corrected chi connectivity index (χ4v) is 4.07. The number of hydrogen-bond donors (Lipinski definition) is 2. The third kappa shape index (κ3) is 8.13. The van der Waals surface area contributed by atoms with Gasteiger partial charge in [0.25, 0.3) is 0 Å². The van der Waals surface area contributed by atoms with E-state index in [9.17, 15) is 4.79 Å². The summed E-state index contributed by atoms with van der Waals surface area (Å²) in [5.74, 6) is 0.529. The van der Waals surface area contributed by atoms with Gasteiger partial charge in [0.05, 0.1) is 0 Å². The maximum absolute atomic E-state index is 12.0. The number of halogens is 4. The van der Waals surface area contributed by atoms with E-state index in [-0.39, 0.29) is 49.2 Å². The topological polar surface area (TPSA) is 61.6 Å². The number of nitrogens with two attached hydrogens (primary N) is 1. The first-order valence-corrected chi connectivity index (χ1v) is 9.75. The van der Waals surface area contributed by atoms with Crippen LogP contribution in [0, 0.1) is 5.92 Å². The maximum atomic E-state index is 12.0. The quantitative estimate of drug-likeness (QED) is 0.664. The predicted molar refractivity (Wildman–Crippen MR) is 125 cm³/mol. The first kappa shape index (κ1) is 27.6. The summed E-state index contributed by atoms with van der Waals surface area (Å²) in [6.45, 7) is 5.63. The molecule has 3 rings (SSSR count). The van der Waals surface area contributed by atoms with Gasteiger partial charge in [-0.05, 0) is 37.0 Å². The average molecular weight is 474 g/mol. The minimum atomic E-state index is 0. The van der Waals surface area contributed by atoms with Crippen LogP contribution in [-0.4, -0.2) is 56.1 Å². The van der Waals surface area contributed by atoms with Crippen LogP contribution in [0.3, 0.4) is 0 Å². The lowest BCUT2D eigenvalue weighted by Crippen LogP contribution is -2.48. The zero-order valence-corrected chi connectivity index (χ0v) is 19.2. The van der Waals surface area contributed by atoms with Gasteiger partial charge in [-0.25, -0.2) is 0 Å². The summed E-state index contributed by atoms with van der Waals surface area (Å²) in [6, 6.07) is 8.24. The van der Waals surface area contributed by atoms with E-state index in [1.165, 1.54) is 5.69 Å².